The lowest BCUT2D eigenvalue weighted by Crippen LogP contribution is -2.55. The molecule has 0 aromatic heterocycles. The van der Waals surface area contributed by atoms with Gasteiger partial charge in [0.05, 0.1) is 0 Å². The molecule has 4 rings (SSSR count). The second-order valence-electron chi connectivity index (χ2n) is 5.28. The first-order valence-corrected chi connectivity index (χ1v) is 5.02. The molecule has 62 valence electrons. The fourth-order valence-electron chi connectivity index (χ4n) is 4.18. The SMILES string of the molecule is N[C@]12CC3C[C@H](C[C@H](C3)C1)C2. The molecule has 4 fully saturated rings. The molecule has 1 heteroatoms. The third kappa shape index (κ3) is 0.868. The van der Waals surface area contributed by atoms with Crippen LogP contribution in [-0.2, 0) is 0 Å². The van der Waals surface area contributed by atoms with Crippen molar-refractivity contribution in [3.8, 4) is 0 Å². The van der Waals surface area contributed by atoms with Gasteiger partial charge in [-0.2, -0.15) is 0 Å². The van der Waals surface area contributed by atoms with Crippen molar-refractivity contribution in [1.82, 2.24) is 0 Å². The minimum Gasteiger partial charge on any atom is -0.325 e. The number of nitrogens with two attached hydrogens (primary N) is 1. The van der Waals surface area contributed by atoms with Crippen LogP contribution in [0.25, 0.3) is 0 Å². The molecule has 4 saturated carbocycles. The van der Waals surface area contributed by atoms with Gasteiger partial charge in [-0.1, -0.05) is 0 Å². The van der Waals surface area contributed by atoms with E-state index in [1.165, 1.54) is 38.5 Å². The molecule has 0 amide bonds. The molecule has 0 aromatic carbocycles. The second-order valence-corrected chi connectivity index (χ2v) is 5.28. The highest BCUT2D eigenvalue weighted by Gasteiger charge is 2.48. The van der Waals surface area contributed by atoms with E-state index in [0.29, 0.717) is 5.54 Å². The summed E-state index contributed by atoms with van der Waals surface area (Å²) in [6, 6.07) is 0. The lowest BCUT2D eigenvalue weighted by atomic mass is 9.53. The zero-order chi connectivity index (χ0) is 7.47. The Bertz CT molecular complexity index is 150. The van der Waals surface area contributed by atoms with E-state index in [-0.39, 0.29) is 0 Å². The van der Waals surface area contributed by atoms with Crippen LogP contribution in [0, 0.1) is 17.8 Å². The van der Waals surface area contributed by atoms with E-state index in [1.807, 2.05) is 0 Å². The number of hydrogen-bond donors (Lipinski definition) is 1. The van der Waals surface area contributed by atoms with Crippen molar-refractivity contribution in [3.63, 3.8) is 0 Å². The van der Waals surface area contributed by atoms with E-state index >= 15 is 0 Å². The van der Waals surface area contributed by atoms with Gasteiger partial charge in [0, 0.05) is 5.54 Å². The summed E-state index contributed by atoms with van der Waals surface area (Å²) in [5.74, 6) is 3.06. The molecule has 0 spiro atoms. The fourth-order valence-corrected chi connectivity index (χ4v) is 4.18. The first-order valence-electron chi connectivity index (χ1n) is 5.02. The van der Waals surface area contributed by atoms with E-state index in [0.717, 1.165) is 17.8 Å². The summed E-state index contributed by atoms with van der Waals surface area (Å²) in [4.78, 5) is 0. The van der Waals surface area contributed by atoms with E-state index in [2.05, 4.69) is 0 Å². The first-order chi connectivity index (χ1) is 5.23. The Morgan fingerprint density at radius 3 is 1.45 bits per heavy atom. The quantitative estimate of drug-likeness (QED) is 0.562. The van der Waals surface area contributed by atoms with Gasteiger partial charge in [0.1, 0.15) is 0 Å². The Morgan fingerprint density at radius 2 is 1.18 bits per heavy atom. The van der Waals surface area contributed by atoms with Crippen molar-refractivity contribution < 1.29 is 0 Å². The second kappa shape index (κ2) is 1.82. The number of hydrogen-bond acceptors (Lipinski definition) is 1. The summed E-state index contributed by atoms with van der Waals surface area (Å²) in [5.41, 5.74) is 6.62. The molecule has 4 aliphatic carbocycles. The van der Waals surface area contributed by atoms with Gasteiger partial charge in [-0.15, -0.1) is 0 Å². The summed E-state index contributed by atoms with van der Waals surface area (Å²) in [5, 5.41) is 0. The third-order valence-corrected chi connectivity index (χ3v) is 4.09. The topological polar surface area (TPSA) is 26.0 Å². The Morgan fingerprint density at radius 1 is 0.818 bits per heavy atom. The van der Waals surface area contributed by atoms with Gasteiger partial charge in [-0.3, -0.25) is 0 Å². The standard InChI is InChI=1S/C10H17N/c11-10-4-7-1-8(5-10)3-9(2-7)6-10/h7-9H,1-6,11H2/t7-,8+,9?,10-. The maximum Gasteiger partial charge on any atom is 0.0162 e. The average molecular weight is 151 g/mol. The zero-order valence-corrected chi connectivity index (χ0v) is 7.05. The lowest BCUT2D eigenvalue weighted by Gasteiger charge is -2.55. The maximum absolute atomic E-state index is 6.32. The molecule has 0 heterocycles. The highest BCUT2D eigenvalue weighted by atomic mass is 14.8. The van der Waals surface area contributed by atoms with Crippen molar-refractivity contribution in [2.75, 3.05) is 0 Å². The van der Waals surface area contributed by atoms with Crippen molar-refractivity contribution in [2.24, 2.45) is 23.5 Å². The molecular weight excluding hydrogens is 134 g/mol. The molecule has 11 heavy (non-hydrogen) atoms. The van der Waals surface area contributed by atoms with E-state index in [1.54, 1.807) is 0 Å². The normalized spacial score (nSPS) is 60.3. The minimum absolute atomic E-state index is 0.300. The van der Waals surface area contributed by atoms with Gasteiger partial charge in [-0.25, -0.2) is 0 Å². The summed E-state index contributed by atoms with van der Waals surface area (Å²) in [7, 11) is 0. The van der Waals surface area contributed by atoms with Gasteiger partial charge in [0.2, 0.25) is 0 Å². The van der Waals surface area contributed by atoms with Gasteiger partial charge in [-0.05, 0) is 56.3 Å². The van der Waals surface area contributed by atoms with Gasteiger partial charge in [0.25, 0.3) is 0 Å². The molecule has 0 aliphatic heterocycles. The van der Waals surface area contributed by atoms with Gasteiger partial charge < -0.3 is 5.73 Å². The van der Waals surface area contributed by atoms with Crippen LogP contribution >= 0.6 is 0 Å². The van der Waals surface area contributed by atoms with Crippen molar-refractivity contribution in [2.45, 2.75) is 44.1 Å². The summed E-state index contributed by atoms with van der Waals surface area (Å²) < 4.78 is 0. The molecule has 0 aromatic rings. The zero-order valence-electron chi connectivity index (χ0n) is 7.05. The monoisotopic (exact) mass is 151 g/mol. The van der Waals surface area contributed by atoms with E-state index < -0.39 is 0 Å². The molecule has 0 atom stereocenters. The highest BCUT2D eigenvalue weighted by molar-refractivity contribution is 5.04. The Hall–Kier alpha value is -0.0400. The van der Waals surface area contributed by atoms with Crippen LogP contribution in [0.5, 0.6) is 0 Å². The van der Waals surface area contributed by atoms with Crippen molar-refractivity contribution in [1.29, 1.82) is 0 Å². The predicted octanol–water partition coefficient (Wildman–Crippen LogP) is 1.91. The van der Waals surface area contributed by atoms with Crippen molar-refractivity contribution >= 4 is 0 Å². The van der Waals surface area contributed by atoms with Crippen LogP contribution in [0.3, 0.4) is 0 Å². The molecule has 0 saturated heterocycles. The summed E-state index contributed by atoms with van der Waals surface area (Å²) >= 11 is 0. The van der Waals surface area contributed by atoms with Crippen LogP contribution in [0.15, 0.2) is 0 Å². The Labute approximate surface area is 68.3 Å². The van der Waals surface area contributed by atoms with Crippen LogP contribution in [0.1, 0.15) is 38.5 Å². The average Bonchev–Trinajstić information content (AvgIpc) is 1.79. The molecule has 2 N–H and O–H groups in total. The summed E-state index contributed by atoms with van der Waals surface area (Å²) in [6.07, 6.45) is 8.57. The Balaban J connectivity index is 1.94. The van der Waals surface area contributed by atoms with E-state index in [4.69, 9.17) is 5.73 Å². The maximum atomic E-state index is 6.32. The molecule has 0 unspecified atom stereocenters. The van der Waals surface area contributed by atoms with E-state index in [9.17, 15) is 0 Å². The summed E-state index contributed by atoms with van der Waals surface area (Å²) in [6.45, 7) is 0. The molecule has 4 aliphatic rings. The smallest absolute Gasteiger partial charge is 0.0162 e. The molecule has 4 bridgehead atoms. The van der Waals surface area contributed by atoms with Crippen LogP contribution in [-0.4, -0.2) is 5.54 Å². The molecule has 0 radical (unpaired) electrons. The third-order valence-electron chi connectivity index (χ3n) is 4.09. The van der Waals surface area contributed by atoms with Crippen LogP contribution < -0.4 is 5.73 Å². The molecule has 1 nitrogen and oxygen atoms in total. The predicted molar refractivity (Wildman–Crippen MR) is 45.1 cm³/mol. The highest BCUT2D eigenvalue weighted by Crippen LogP contribution is 2.54. The van der Waals surface area contributed by atoms with Crippen LogP contribution in [0.4, 0.5) is 0 Å². The largest absolute Gasteiger partial charge is 0.325 e. The minimum atomic E-state index is 0.300. The first kappa shape index (κ1) is 6.47. The van der Waals surface area contributed by atoms with Gasteiger partial charge in [0.15, 0.2) is 0 Å². The van der Waals surface area contributed by atoms with Crippen molar-refractivity contribution in [3.05, 3.63) is 0 Å². The lowest BCUT2D eigenvalue weighted by molar-refractivity contribution is 0.000365. The van der Waals surface area contributed by atoms with Crippen LogP contribution in [0.2, 0.25) is 0 Å². The number of rotatable bonds is 0. The van der Waals surface area contributed by atoms with Gasteiger partial charge >= 0.3 is 0 Å². The Kier molecular flexibility index (Phi) is 1.07. The molecular formula is C10H17N. The fraction of sp³-hybridized carbons (Fsp3) is 1.00.